The van der Waals surface area contributed by atoms with Gasteiger partial charge in [0.05, 0.1) is 0 Å². The molecule has 0 amide bonds. The average Bonchev–Trinajstić information content (AvgIpc) is 3.11. The van der Waals surface area contributed by atoms with Crippen LogP contribution in [-0.4, -0.2) is 5.11 Å². The zero-order valence-corrected chi connectivity index (χ0v) is 12.2. The van der Waals surface area contributed by atoms with Crippen LogP contribution in [0.4, 0.5) is 0 Å². The third kappa shape index (κ3) is 1.96. The van der Waals surface area contributed by atoms with Crippen molar-refractivity contribution in [3.63, 3.8) is 0 Å². The molecule has 0 bridgehead atoms. The third-order valence-corrected chi connectivity index (χ3v) is 4.86. The first kappa shape index (κ1) is 12.6. The van der Waals surface area contributed by atoms with E-state index in [1.54, 1.807) is 11.3 Å². The summed E-state index contributed by atoms with van der Waals surface area (Å²) in [4.78, 5) is 1.19. The predicted octanol–water partition coefficient (Wildman–Crippen LogP) is 4.75. The number of fused-ring (bicyclic) bond motifs is 1. The van der Waals surface area contributed by atoms with E-state index in [-0.39, 0.29) is 0 Å². The fraction of sp³-hybridized carbons (Fsp3) is 0.0526. The molecule has 2 aromatic carbocycles. The van der Waals surface area contributed by atoms with Crippen LogP contribution in [0, 0.1) is 0 Å². The largest absolute Gasteiger partial charge is 0.384 e. The SMILES string of the molecule is OC1C(c2ccccc2)=C(c2ccccc2)c2sccc21. The lowest BCUT2D eigenvalue weighted by Gasteiger charge is -2.12. The van der Waals surface area contributed by atoms with Crippen molar-refractivity contribution in [3.8, 4) is 0 Å². The minimum atomic E-state index is -0.538. The smallest absolute Gasteiger partial charge is 0.107 e. The van der Waals surface area contributed by atoms with Crippen LogP contribution in [0.25, 0.3) is 11.1 Å². The maximum atomic E-state index is 10.8. The van der Waals surface area contributed by atoms with E-state index >= 15 is 0 Å². The van der Waals surface area contributed by atoms with Crippen LogP contribution in [-0.2, 0) is 0 Å². The maximum absolute atomic E-state index is 10.8. The van der Waals surface area contributed by atoms with Gasteiger partial charge in [-0.1, -0.05) is 60.7 Å². The van der Waals surface area contributed by atoms with Crippen LogP contribution in [0.3, 0.4) is 0 Å². The highest BCUT2D eigenvalue weighted by Crippen LogP contribution is 2.50. The highest BCUT2D eigenvalue weighted by atomic mass is 32.1. The number of hydrogen-bond donors (Lipinski definition) is 1. The van der Waals surface area contributed by atoms with Crippen LogP contribution in [0.2, 0.25) is 0 Å². The van der Waals surface area contributed by atoms with Crippen molar-refractivity contribution in [1.29, 1.82) is 0 Å². The standard InChI is InChI=1S/C19H14OS/c20-18-15-11-12-21-19(15)17(14-9-5-2-6-10-14)16(18)13-7-3-1-4-8-13/h1-12,18,20H. The van der Waals surface area contributed by atoms with Gasteiger partial charge in [0.25, 0.3) is 0 Å². The fourth-order valence-corrected chi connectivity index (χ4v) is 3.98. The number of hydrogen-bond acceptors (Lipinski definition) is 2. The number of aliphatic hydroxyl groups excluding tert-OH is 1. The summed E-state index contributed by atoms with van der Waals surface area (Å²) in [6.07, 6.45) is -0.538. The first-order chi connectivity index (χ1) is 10.4. The molecule has 2 heteroatoms. The number of aliphatic hydroxyl groups is 1. The minimum absolute atomic E-state index is 0.538. The van der Waals surface area contributed by atoms with Gasteiger partial charge >= 0.3 is 0 Å². The summed E-state index contributed by atoms with van der Waals surface area (Å²) in [6, 6.07) is 22.5. The van der Waals surface area contributed by atoms with Crippen molar-refractivity contribution in [2.45, 2.75) is 6.10 Å². The van der Waals surface area contributed by atoms with Crippen molar-refractivity contribution < 1.29 is 5.11 Å². The van der Waals surface area contributed by atoms with Crippen molar-refractivity contribution in [2.75, 3.05) is 0 Å². The van der Waals surface area contributed by atoms with E-state index in [1.807, 2.05) is 42.5 Å². The molecule has 1 aliphatic carbocycles. The lowest BCUT2D eigenvalue weighted by atomic mass is 9.95. The maximum Gasteiger partial charge on any atom is 0.107 e. The Hall–Kier alpha value is -2.16. The molecule has 1 aliphatic rings. The Labute approximate surface area is 127 Å². The van der Waals surface area contributed by atoms with Gasteiger partial charge < -0.3 is 5.11 Å². The molecule has 1 atom stereocenters. The van der Waals surface area contributed by atoms with Crippen LogP contribution in [0.1, 0.15) is 27.7 Å². The molecule has 0 fully saturated rings. The molecule has 102 valence electrons. The molecular weight excluding hydrogens is 276 g/mol. The van der Waals surface area contributed by atoms with E-state index in [2.05, 4.69) is 29.6 Å². The van der Waals surface area contributed by atoms with Crippen molar-refractivity contribution in [3.05, 3.63) is 93.7 Å². The van der Waals surface area contributed by atoms with E-state index in [4.69, 9.17) is 0 Å². The number of thiophene rings is 1. The van der Waals surface area contributed by atoms with Gasteiger partial charge in [0.15, 0.2) is 0 Å². The molecule has 1 aromatic heterocycles. The number of benzene rings is 2. The Morgan fingerprint density at radius 1 is 0.762 bits per heavy atom. The highest BCUT2D eigenvalue weighted by molar-refractivity contribution is 7.11. The lowest BCUT2D eigenvalue weighted by molar-refractivity contribution is 0.241. The average molecular weight is 290 g/mol. The Balaban J connectivity index is 2.01. The molecule has 0 spiro atoms. The van der Waals surface area contributed by atoms with Crippen LogP contribution in [0.5, 0.6) is 0 Å². The van der Waals surface area contributed by atoms with Crippen LogP contribution < -0.4 is 0 Å². The Morgan fingerprint density at radius 2 is 1.38 bits per heavy atom. The normalized spacial score (nSPS) is 17.1. The van der Waals surface area contributed by atoms with Gasteiger partial charge in [0, 0.05) is 21.6 Å². The van der Waals surface area contributed by atoms with Gasteiger partial charge in [-0.25, -0.2) is 0 Å². The molecule has 4 rings (SSSR count). The van der Waals surface area contributed by atoms with Crippen LogP contribution >= 0.6 is 11.3 Å². The van der Waals surface area contributed by atoms with Gasteiger partial charge in [0.2, 0.25) is 0 Å². The second kappa shape index (κ2) is 4.99. The van der Waals surface area contributed by atoms with Gasteiger partial charge in [0.1, 0.15) is 6.10 Å². The first-order valence-electron chi connectivity index (χ1n) is 6.97. The van der Waals surface area contributed by atoms with E-state index in [0.29, 0.717) is 0 Å². The summed E-state index contributed by atoms with van der Waals surface area (Å²) in [7, 11) is 0. The second-order valence-corrected chi connectivity index (χ2v) is 6.04. The van der Waals surface area contributed by atoms with E-state index in [9.17, 15) is 5.11 Å². The monoisotopic (exact) mass is 290 g/mol. The van der Waals surface area contributed by atoms with Gasteiger partial charge in [-0.15, -0.1) is 11.3 Å². The quantitative estimate of drug-likeness (QED) is 0.722. The molecule has 0 saturated heterocycles. The summed E-state index contributed by atoms with van der Waals surface area (Å²) in [6.45, 7) is 0. The Morgan fingerprint density at radius 3 is 2.05 bits per heavy atom. The molecule has 1 unspecified atom stereocenters. The summed E-state index contributed by atoms with van der Waals surface area (Å²) < 4.78 is 0. The topological polar surface area (TPSA) is 20.2 Å². The van der Waals surface area contributed by atoms with Crippen molar-refractivity contribution in [2.24, 2.45) is 0 Å². The van der Waals surface area contributed by atoms with Gasteiger partial charge in [-0.2, -0.15) is 0 Å². The molecular formula is C19H14OS. The molecule has 0 radical (unpaired) electrons. The number of rotatable bonds is 2. The zero-order valence-electron chi connectivity index (χ0n) is 11.4. The summed E-state index contributed by atoms with van der Waals surface area (Å²) in [5.74, 6) is 0. The molecule has 3 aromatic rings. The zero-order chi connectivity index (χ0) is 14.2. The van der Waals surface area contributed by atoms with E-state index in [1.165, 1.54) is 10.5 Å². The van der Waals surface area contributed by atoms with E-state index < -0.39 is 6.10 Å². The summed E-state index contributed by atoms with van der Waals surface area (Å²) in [5, 5.41) is 12.8. The Bertz CT molecular complexity index is 800. The van der Waals surface area contributed by atoms with Crippen LogP contribution in [0.15, 0.2) is 72.1 Å². The molecule has 1 N–H and O–H groups in total. The van der Waals surface area contributed by atoms with Crippen molar-refractivity contribution >= 4 is 22.5 Å². The van der Waals surface area contributed by atoms with E-state index in [0.717, 1.165) is 22.3 Å². The summed E-state index contributed by atoms with van der Waals surface area (Å²) in [5.41, 5.74) is 5.46. The molecule has 1 heterocycles. The molecule has 21 heavy (non-hydrogen) atoms. The molecule has 0 saturated carbocycles. The predicted molar refractivity (Wildman–Crippen MR) is 88.1 cm³/mol. The summed E-state index contributed by atoms with van der Waals surface area (Å²) >= 11 is 1.70. The Kier molecular flexibility index (Phi) is 2.99. The van der Waals surface area contributed by atoms with Crippen molar-refractivity contribution in [1.82, 2.24) is 0 Å². The minimum Gasteiger partial charge on any atom is -0.384 e. The fourth-order valence-electron chi connectivity index (χ4n) is 2.96. The second-order valence-electron chi connectivity index (χ2n) is 5.13. The molecule has 0 aliphatic heterocycles. The first-order valence-corrected chi connectivity index (χ1v) is 7.85. The lowest BCUT2D eigenvalue weighted by Crippen LogP contribution is -1.96. The van der Waals surface area contributed by atoms with Gasteiger partial charge in [-0.3, -0.25) is 0 Å². The molecule has 1 nitrogen and oxygen atoms in total. The highest BCUT2D eigenvalue weighted by Gasteiger charge is 2.32. The van der Waals surface area contributed by atoms with Gasteiger partial charge in [-0.05, 0) is 22.6 Å². The third-order valence-electron chi connectivity index (χ3n) is 3.91.